The Morgan fingerprint density at radius 2 is 1.69 bits per heavy atom. The fourth-order valence-corrected chi connectivity index (χ4v) is 3.18. The van der Waals surface area contributed by atoms with E-state index in [1.54, 1.807) is 7.05 Å². The van der Waals surface area contributed by atoms with Gasteiger partial charge in [0.25, 0.3) is 0 Å². The number of halogens is 1. The first-order valence-electron chi connectivity index (χ1n) is 10.1. The number of guanidine groups is 1. The van der Waals surface area contributed by atoms with Crippen LogP contribution in [0.5, 0.6) is 0 Å². The lowest BCUT2D eigenvalue weighted by Crippen LogP contribution is -2.39. The molecule has 0 aliphatic rings. The summed E-state index contributed by atoms with van der Waals surface area (Å²) in [6.07, 6.45) is 0. The highest BCUT2D eigenvalue weighted by Crippen LogP contribution is 2.13. The van der Waals surface area contributed by atoms with Crippen molar-refractivity contribution in [3.63, 3.8) is 0 Å². The Kier molecular flexibility index (Phi) is 12.6. The molecule has 1 atom stereocenters. The van der Waals surface area contributed by atoms with Crippen molar-refractivity contribution in [1.82, 2.24) is 15.5 Å². The molecule has 0 amide bonds. The van der Waals surface area contributed by atoms with Gasteiger partial charge in [0.1, 0.15) is 0 Å². The van der Waals surface area contributed by atoms with Gasteiger partial charge in [-0.3, -0.25) is 9.89 Å². The second-order valence-electron chi connectivity index (χ2n) is 6.88. The third-order valence-electron chi connectivity index (χ3n) is 4.98. The Morgan fingerprint density at radius 1 is 1.00 bits per heavy atom. The van der Waals surface area contributed by atoms with Crippen LogP contribution in [-0.2, 0) is 13.1 Å². The van der Waals surface area contributed by atoms with Gasteiger partial charge in [-0.15, -0.1) is 24.0 Å². The minimum atomic E-state index is 0. The van der Waals surface area contributed by atoms with Crippen molar-refractivity contribution in [1.29, 1.82) is 0 Å². The summed E-state index contributed by atoms with van der Waals surface area (Å²) < 4.78 is 0. The number of aliphatic hydroxyl groups excluding tert-OH is 1. The Bertz CT molecular complexity index is 720. The molecule has 5 nitrogen and oxygen atoms in total. The SMILES string of the molecule is CCN(CC)Cc1cccc(CNC(=NC)NCC(CO)c2ccccc2)c1.I. The number of aliphatic hydroxyl groups is 1. The molecule has 0 saturated heterocycles. The molecule has 0 spiro atoms. The largest absolute Gasteiger partial charge is 0.396 e. The predicted octanol–water partition coefficient (Wildman–Crippen LogP) is 3.59. The molecule has 0 radical (unpaired) electrons. The molecule has 0 heterocycles. The first-order valence-corrected chi connectivity index (χ1v) is 10.1. The van der Waals surface area contributed by atoms with Gasteiger partial charge in [-0.2, -0.15) is 0 Å². The molecule has 1 unspecified atom stereocenters. The highest BCUT2D eigenvalue weighted by atomic mass is 127. The molecule has 3 N–H and O–H groups in total. The zero-order valence-electron chi connectivity index (χ0n) is 17.8. The molecule has 2 aromatic carbocycles. The van der Waals surface area contributed by atoms with Gasteiger partial charge in [0, 0.05) is 32.6 Å². The molecule has 29 heavy (non-hydrogen) atoms. The van der Waals surface area contributed by atoms with Gasteiger partial charge < -0.3 is 15.7 Å². The lowest BCUT2D eigenvalue weighted by Gasteiger charge is -2.19. The van der Waals surface area contributed by atoms with Gasteiger partial charge in [-0.05, 0) is 29.8 Å². The molecule has 160 valence electrons. The quantitative estimate of drug-likeness (QED) is 0.260. The van der Waals surface area contributed by atoms with E-state index in [2.05, 4.69) is 58.6 Å². The van der Waals surface area contributed by atoms with Crippen LogP contribution < -0.4 is 10.6 Å². The Morgan fingerprint density at radius 3 is 2.31 bits per heavy atom. The van der Waals surface area contributed by atoms with E-state index in [-0.39, 0.29) is 36.5 Å². The summed E-state index contributed by atoms with van der Waals surface area (Å²) in [5.74, 6) is 0.778. The summed E-state index contributed by atoms with van der Waals surface area (Å²) in [4.78, 5) is 6.71. The maximum absolute atomic E-state index is 9.71. The molecular weight excluding hydrogens is 475 g/mol. The Labute approximate surface area is 192 Å². The topological polar surface area (TPSA) is 59.9 Å². The molecule has 2 aromatic rings. The van der Waals surface area contributed by atoms with Crippen molar-refractivity contribution in [3.8, 4) is 0 Å². The lowest BCUT2D eigenvalue weighted by atomic mass is 10.0. The maximum atomic E-state index is 9.71. The minimum Gasteiger partial charge on any atom is -0.396 e. The zero-order chi connectivity index (χ0) is 20.2. The van der Waals surface area contributed by atoms with Gasteiger partial charge in [0.05, 0.1) is 6.61 Å². The number of hydrogen-bond donors (Lipinski definition) is 3. The van der Waals surface area contributed by atoms with E-state index in [1.807, 2.05) is 30.3 Å². The fourth-order valence-electron chi connectivity index (χ4n) is 3.18. The van der Waals surface area contributed by atoms with Gasteiger partial charge in [0.15, 0.2) is 5.96 Å². The van der Waals surface area contributed by atoms with Crippen molar-refractivity contribution in [2.75, 3.05) is 33.3 Å². The van der Waals surface area contributed by atoms with Crippen LogP contribution in [-0.4, -0.2) is 49.3 Å². The van der Waals surface area contributed by atoms with Crippen molar-refractivity contribution >= 4 is 29.9 Å². The molecule has 0 aromatic heterocycles. The highest BCUT2D eigenvalue weighted by Gasteiger charge is 2.11. The molecule has 0 saturated carbocycles. The van der Waals surface area contributed by atoms with E-state index < -0.39 is 0 Å². The average molecular weight is 510 g/mol. The van der Waals surface area contributed by atoms with Crippen molar-refractivity contribution in [3.05, 3.63) is 71.3 Å². The monoisotopic (exact) mass is 510 g/mol. The molecular formula is C23H35IN4O. The van der Waals surface area contributed by atoms with E-state index in [0.717, 1.165) is 31.2 Å². The second kappa shape index (κ2) is 14.4. The standard InChI is InChI=1S/C23H34N4O.HI/c1-4-27(5-2)17-20-11-9-10-19(14-20)15-25-23(24-3)26-16-22(18-28)21-12-7-6-8-13-21;/h6-14,22,28H,4-5,15-18H2,1-3H3,(H2,24,25,26);1H. The van der Waals surface area contributed by atoms with E-state index >= 15 is 0 Å². The van der Waals surface area contributed by atoms with E-state index in [9.17, 15) is 5.11 Å². The van der Waals surface area contributed by atoms with Gasteiger partial charge in [-0.1, -0.05) is 68.4 Å². The smallest absolute Gasteiger partial charge is 0.191 e. The van der Waals surface area contributed by atoms with Crippen LogP contribution >= 0.6 is 24.0 Å². The van der Waals surface area contributed by atoms with Crippen LogP contribution in [0.15, 0.2) is 59.6 Å². The number of rotatable bonds is 10. The van der Waals surface area contributed by atoms with Gasteiger partial charge >= 0.3 is 0 Å². The zero-order valence-corrected chi connectivity index (χ0v) is 20.1. The Balaban J connectivity index is 0.00000420. The van der Waals surface area contributed by atoms with Crippen LogP contribution in [0.3, 0.4) is 0 Å². The molecule has 0 fully saturated rings. The van der Waals surface area contributed by atoms with Gasteiger partial charge in [0.2, 0.25) is 0 Å². The fraction of sp³-hybridized carbons (Fsp3) is 0.435. The van der Waals surface area contributed by atoms with Crippen LogP contribution in [0.1, 0.15) is 36.5 Å². The van der Waals surface area contributed by atoms with E-state index in [4.69, 9.17) is 0 Å². The number of nitrogens with zero attached hydrogens (tertiary/aromatic N) is 2. The summed E-state index contributed by atoms with van der Waals surface area (Å²) >= 11 is 0. The highest BCUT2D eigenvalue weighted by molar-refractivity contribution is 14.0. The summed E-state index contributed by atoms with van der Waals surface area (Å²) in [6, 6.07) is 18.7. The van der Waals surface area contributed by atoms with Crippen molar-refractivity contribution in [2.45, 2.75) is 32.9 Å². The Hall–Kier alpha value is -1.64. The van der Waals surface area contributed by atoms with E-state index in [0.29, 0.717) is 13.1 Å². The lowest BCUT2D eigenvalue weighted by molar-refractivity contribution is 0.265. The van der Waals surface area contributed by atoms with Crippen LogP contribution in [0.2, 0.25) is 0 Å². The van der Waals surface area contributed by atoms with Crippen LogP contribution in [0, 0.1) is 0 Å². The molecule has 6 heteroatoms. The maximum Gasteiger partial charge on any atom is 0.191 e. The molecule has 2 rings (SSSR count). The van der Waals surface area contributed by atoms with Gasteiger partial charge in [-0.25, -0.2) is 0 Å². The predicted molar refractivity (Wildman–Crippen MR) is 133 cm³/mol. The summed E-state index contributed by atoms with van der Waals surface area (Å²) in [5.41, 5.74) is 3.68. The van der Waals surface area contributed by atoms with Crippen LogP contribution in [0.25, 0.3) is 0 Å². The molecule has 0 aliphatic heterocycles. The number of aliphatic imine (C=N–C) groups is 1. The number of benzene rings is 2. The normalized spacial score (nSPS) is 12.4. The first kappa shape index (κ1) is 25.4. The third-order valence-corrected chi connectivity index (χ3v) is 4.98. The first-order chi connectivity index (χ1) is 13.7. The summed E-state index contributed by atoms with van der Waals surface area (Å²) in [7, 11) is 1.77. The second-order valence-corrected chi connectivity index (χ2v) is 6.88. The summed E-state index contributed by atoms with van der Waals surface area (Å²) in [6.45, 7) is 8.92. The minimum absolute atomic E-state index is 0. The number of hydrogen-bond acceptors (Lipinski definition) is 3. The average Bonchev–Trinajstić information content (AvgIpc) is 2.75. The van der Waals surface area contributed by atoms with Crippen molar-refractivity contribution < 1.29 is 5.11 Å². The van der Waals surface area contributed by atoms with Crippen LogP contribution in [0.4, 0.5) is 0 Å². The molecule has 0 aliphatic carbocycles. The summed E-state index contributed by atoms with van der Waals surface area (Å²) in [5, 5.41) is 16.4. The van der Waals surface area contributed by atoms with E-state index in [1.165, 1.54) is 11.1 Å². The molecule has 0 bridgehead atoms. The van der Waals surface area contributed by atoms with Crippen molar-refractivity contribution in [2.24, 2.45) is 4.99 Å². The third kappa shape index (κ3) is 8.72. The number of nitrogens with one attached hydrogen (secondary N) is 2.